The van der Waals surface area contributed by atoms with Gasteiger partial charge >= 0.3 is 5.97 Å². The maximum atomic E-state index is 10.9. The summed E-state index contributed by atoms with van der Waals surface area (Å²) >= 11 is 3.44. The highest BCUT2D eigenvalue weighted by molar-refractivity contribution is 9.10. The molecule has 1 aromatic carbocycles. The Morgan fingerprint density at radius 3 is 2.82 bits per heavy atom. The number of carbonyl (C=O) groups excluding carboxylic acids is 1. The molecule has 0 aliphatic rings. The van der Waals surface area contributed by atoms with Crippen LogP contribution in [0.25, 0.3) is 0 Å². The minimum Gasteiger partial charge on any atom is -0.497 e. The maximum absolute atomic E-state index is 10.9. The van der Waals surface area contributed by atoms with E-state index in [4.69, 9.17) is 4.74 Å². The first kappa shape index (κ1) is 13.8. The van der Waals surface area contributed by atoms with Crippen LogP contribution in [0.15, 0.2) is 22.7 Å². The molecule has 0 amide bonds. The van der Waals surface area contributed by atoms with Crippen molar-refractivity contribution in [2.75, 3.05) is 26.1 Å². The summed E-state index contributed by atoms with van der Waals surface area (Å²) in [7, 11) is 3.03. The van der Waals surface area contributed by atoms with Crippen LogP contribution < -0.4 is 10.1 Å². The molecular weight excluding hydrogens is 286 g/mol. The number of anilines is 1. The molecule has 0 aromatic heterocycles. The second kappa shape index (κ2) is 7.17. The number of ether oxygens (including phenoxy) is 2. The van der Waals surface area contributed by atoms with Gasteiger partial charge in [-0.25, -0.2) is 0 Å². The van der Waals surface area contributed by atoms with Crippen LogP contribution in [0.2, 0.25) is 0 Å². The van der Waals surface area contributed by atoms with Gasteiger partial charge in [0.15, 0.2) is 0 Å². The fourth-order valence-corrected chi connectivity index (χ4v) is 1.71. The second-order valence-corrected chi connectivity index (χ2v) is 4.31. The minimum atomic E-state index is -0.184. The van der Waals surface area contributed by atoms with E-state index in [-0.39, 0.29) is 5.97 Å². The van der Waals surface area contributed by atoms with E-state index < -0.39 is 0 Å². The Bertz CT molecular complexity index is 382. The van der Waals surface area contributed by atoms with Crippen molar-refractivity contribution in [2.45, 2.75) is 12.8 Å². The van der Waals surface area contributed by atoms with Crippen LogP contribution in [-0.2, 0) is 9.53 Å². The van der Waals surface area contributed by atoms with Crippen molar-refractivity contribution in [3.05, 3.63) is 22.7 Å². The first-order valence-electron chi connectivity index (χ1n) is 5.31. The largest absolute Gasteiger partial charge is 0.497 e. The lowest BCUT2D eigenvalue weighted by atomic mass is 10.2. The lowest BCUT2D eigenvalue weighted by Gasteiger charge is -2.09. The molecule has 0 bridgehead atoms. The zero-order chi connectivity index (χ0) is 12.7. The Balaban J connectivity index is 2.43. The van der Waals surface area contributed by atoms with Crippen molar-refractivity contribution >= 4 is 27.6 Å². The van der Waals surface area contributed by atoms with E-state index in [0.717, 1.165) is 22.3 Å². The van der Waals surface area contributed by atoms with Crippen molar-refractivity contribution in [1.29, 1.82) is 0 Å². The number of hydrogen-bond donors (Lipinski definition) is 1. The van der Waals surface area contributed by atoms with E-state index in [2.05, 4.69) is 26.0 Å². The maximum Gasteiger partial charge on any atom is 0.305 e. The van der Waals surface area contributed by atoms with Crippen molar-refractivity contribution in [3.63, 3.8) is 0 Å². The molecule has 0 spiro atoms. The summed E-state index contributed by atoms with van der Waals surface area (Å²) in [5, 5.41) is 3.23. The normalized spacial score (nSPS) is 9.82. The molecule has 1 rings (SSSR count). The van der Waals surface area contributed by atoms with E-state index >= 15 is 0 Å². The van der Waals surface area contributed by atoms with E-state index in [1.807, 2.05) is 18.2 Å². The molecule has 0 aliphatic heterocycles. The molecule has 5 heteroatoms. The van der Waals surface area contributed by atoms with Crippen LogP contribution in [-0.4, -0.2) is 26.7 Å². The Kier molecular flexibility index (Phi) is 5.83. The number of esters is 1. The van der Waals surface area contributed by atoms with Crippen molar-refractivity contribution in [3.8, 4) is 5.75 Å². The third-order valence-electron chi connectivity index (χ3n) is 2.27. The lowest BCUT2D eigenvalue weighted by molar-refractivity contribution is -0.140. The van der Waals surface area contributed by atoms with Gasteiger partial charge in [0.1, 0.15) is 5.75 Å². The molecule has 0 fully saturated rings. The Labute approximate surface area is 109 Å². The number of methoxy groups -OCH3 is 2. The molecule has 1 aromatic rings. The molecule has 4 nitrogen and oxygen atoms in total. The number of nitrogens with one attached hydrogen (secondary N) is 1. The second-order valence-electron chi connectivity index (χ2n) is 3.45. The zero-order valence-corrected chi connectivity index (χ0v) is 11.5. The molecule has 94 valence electrons. The van der Waals surface area contributed by atoms with Gasteiger partial charge in [0.25, 0.3) is 0 Å². The molecule has 0 unspecified atom stereocenters. The summed E-state index contributed by atoms with van der Waals surface area (Å²) < 4.78 is 10.7. The highest BCUT2D eigenvalue weighted by atomic mass is 79.9. The quantitative estimate of drug-likeness (QED) is 0.648. The van der Waals surface area contributed by atoms with Crippen LogP contribution in [0.4, 0.5) is 5.69 Å². The van der Waals surface area contributed by atoms with E-state index in [9.17, 15) is 4.79 Å². The highest BCUT2D eigenvalue weighted by Gasteiger charge is 2.03. The van der Waals surface area contributed by atoms with Crippen molar-refractivity contribution in [2.24, 2.45) is 0 Å². The molecular formula is C12H16BrNO3. The SMILES string of the molecule is COC(=O)CCCNc1cc(OC)ccc1Br. The van der Waals surface area contributed by atoms with Gasteiger partial charge in [0.2, 0.25) is 0 Å². The molecule has 0 aliphatic carbocycles. The fraction of sp³-hybridized carbons (Fsp3) is 0.417. The topological polar surface area (TPSA) is 47.6 Å². The highest BCUT2D eigenvalue weighted by Crippen LogP contribution is 2.26. The standard InChI is InChI=1S/C12H16BrNO3/c1-16-9-5-6-10(13)11(8-9)14-7-3-4-12(15)17-2/h5-6,8,14H,3-4,7H2,1-2H3. The predicted octanol–water partition coefficient (Wildman–Crippen LogP) is 2.82. The Morgan fingerprint density at radius 1 is 1.41 bits per heavy atom. The summed E-state index contributed by atoms with van der Waals surface area (Å²) in [6.45, 7) is 0.709. The lowest BCUT2D eigenvalue weighted by Crippen LogP contribution is -2.07. The molecule has 1 N–H and O–H groups in total. The van der Waals surface area contributed by atoms with Gasteiger partial charge in [-0.2, -0.15) is 0 Å². The molecule has 0 radical (unpaired) electrons. The number of hydrogen-bond acceptors (Lipinski definition) is 4. The fourth-order valence-electron chi connectivity index (χ4n) is 1.32. The van der Waals surface area contributed by atoms with Crippen molar-refractivity contribution < 1.29 is 14.3 Å². The number of rotatable bonds is 6. The van der Waals surface area contributed by atoms with E-state index in [1.54, 1.807) is 7.11 Å². The van der Waals surface area contributed by atoms with Crippen LogP contribution in [0.5, 0.6) is 5.75 Å². The summed E-state index contributed by atoms with van der Waals surface area (Å²) in [4.78, 5) is 10.9. The molecule has 17 heavy (non-hydrogen) atoms. The summed E-state index contributed by atoms with van der Waals surface area (Å²) in [5.41, 5.74) is 0.953. The molecule has 0 heterocycles. The van der Waals surface area contributed by atoms with Gasteiger partial charge < -0.3 is 14.8 Å². The van der Waals surface area contributed by atoms with Gasteiger partial charge in [-0.15, -0.1) is 0 Å². The van der Waals surface area contributed by atoms with Gasteiger partial charge in [0, 0.05) is 23.5 Å². The third-order valence-corrected chi connectivity index (χ3v) is 2.97. The van der Waals surface area contributed by atoms with Crippen molar-refractivity contribution in [1.82, 2.24) is 0 Å². The number of carbonyl (C=O) groups is 1. The average molecular weight is 302 g/mol. The average Bonchev–Trinajstić information content (AvgIpc) is 2.36. The predicted molar refractivity (Wildman–Crippen MR) is 70.4 cm³/mol. The Hall–Kier alpha value is -1.23. The summed E-state index contributed by atoms with van der Waals surface area (Å²) in [6, 6.07) is 5.70. The van der Waals surface area contributed by atoms with Crippen LogP contribution in [0.3, 0.4) is 0 Å². The van der Waals surface area contributed by atoms with Gasteiger partial charge in [-0.05, 0) is 34.5 Å². The van der Waals surface area contributed by atoms with Gasteiger partial charge in [-0.1, -0.05) is 0 Å². The molecule has 0 atom stereocenters. The van der Waals surface area contributed by atoms with E-state index in [0.29, 0.717) is 13.0 Å². The van der Waals surface area contributed by atoms with Gasteiger partial charge in [-0.3, -0.25) is 4.79 Å². The van der Waals surface area contributed by atoms with Crippen LogP contribution in [0, 0.1) is 0 Å². The molecule has 0 saturated heterocycles. The summed E-state index contributed by atoms with van der Waals surface area (Å²) in [5.74, 6) is 0.611. The Morgan fingerprint density at radius 2 is 2.18 bits per heavy atom. The molecule has 0 saturated carbocycles. The minimum absolute atomic E-state index is 0.184. The number of benzene rings is 1. The smallest absolute Gasteiger partial charge is 0.305 e. The summed E-state index contributed by atoms with van der Waals surface area (Å²) in [6.07, 6.45) is 1.15. The number of halogens is 1. The first-order chi connectivity index (χ1) is 8.17. The zero-order valence-electron chi connectivity index (χ0n) is 9.96. The van der Waals surface area contributed by atoms with Gasteiger partial charge in [0.05, 0.1) is 19.9 Å². The third kappa shape index (κ3) is 4.65. The monoisotopic (exact) mass is 301 g/mol. The van der Waals surface area contributed by atoms with E-state index in [1.165, 1.54) is 7.11 Å². The van der Waals surface area contributed by atoms with Crippen LogP contribution in [0.1, 0.15) is 12.8 Å². The van der Waals surface area contributed by atoms with Crippen LogP contribution >= 0.6 is 15.9 Å². The first-order valence-corrected chi connectivity index (χ1v) is 6.11.